The van der Waals surface area contributed by atoms with Crippen molar-refractivity contribution in [1.82, 2.24) is 10.1 Å². The van der Waals surface area contributed by atoms with E-state index < -0.39 is 9.84 Å². The molecular formula is C21H17ClN2O4S. The topological polar surface area (TPSA) is 86.2 Å². The predicted octanol–water partition coefficient (Wildman–Crippen LogP) is 5.07. The van der Waals surface area contributed by atoms with Crippen molar-refractivity contribution in [3.05, 3.63) is 82.6 Å². The van der Waals surface area contributed by atoms with E-state index in [-0.39, 0.29) is 17.4 Å². The summed E-state index contributed by atoms with van der Waals surface area (Å²) in [4.78, 5) is 4.30. The van der Waals surface area contributed by atoms with Crippen molar-refractivity contribution < 1.29 is 17.4 Å². The fourth-order valence-electron chi connectivity index (χ4n) is 2.96. The molecule has 2 heterocycles. The Hall–Kier alpha value is -2.90. The molecule has 0 fully saturated rings. The number of aromatic nitrogens is 2. The van der Waals surface area contributed by atoms with Crippen LogP contribution in [0.5, 0.6) is 0 Å². The molecule has 2 aromatic heterocycles. The largest absolute Gasteiger partial charge is 0.455 e. The lowest BCUT2D eigenvalue weighted by Gasteiger charge is -2.04. The molecule has 0 aliphatic rings. The third-order valence-corrected chi connectivity index (χ3v) is 5.95. The van der Waals surface area contributed by atoms with Gasteiger partial charge in [-0.15, -0.1) is 0 Å². The highest BCUT2D eigenvalue weighted by Crippen LogP contribution is 2.26. The number of sulfone groups is 1. The molecule has 0 saturated carbocycles. The molecule has 0 aliphatic carbocycles. The summed E-state index contributed by atoms with van der Waals surface area (Å²) in [7, 11) is -3.39. The van der Waals surface area contributed by atoms with E-state index in [2.05, 4.69) is 10.1 Å². The third-order valence-electron chi connectivity index (χ3n) is 4.21. The Morgan fingerprint density at radius 3 is 2.62 bits per heavy atom. The molecule has 2 aromatic carbocycles. The zero-order valence-electron chi connectivity index (χ0n) is 15.5. The van der Waals surface area contributed by atoms with Crippen molar-refractivity contribution in [3.63, 3.8) is 0 Å². The van der Waals surface area contributed by atoms with Crippen LogP contribution in [0.25, 0.3) is 23.0 Å². The van der Waals surface area contributed by atoms with Crippen molar-refractivity contribution in [1.29, 1.82) is 0 Å². The van der Waals surface area contributed by atoms with Gasteiger partial charge in [0.05, 0.1) is 5.75 Å². The third kappa shape index (κ3) is 4.75. The minimum absolute atomic E-state index is 0.0514. The van der Waals surface area contributed by atoms with Crippen LogP contribution in [0.3, 0.4) is 0 Å². The van der Waals surface area contributed by atoms with Gasteiger partial charge in [0.2, 0.25) is 5.82 Å². The van der Waals surface area contributed by atoms with Gasteiger partial charge in [0, 0.05) is 10.6 Å². The molecule has 4 rings (SSSR count). The van der Waals surface area contributed by atoms with Crippen LogP contribution < -0.4 is 0 Å². The lowest BCUT2D eigenvalue weighted by Crippen LogP contribution is -2.07. The first-order valence-corrected chi connectivity index (χ1v) is 11.0. The number of rotatable bonds is 6. The highest BCUT2D eigenvalue weighted by Gasteiger charge is 2.19. The van der Waals surface area contributed by atoms with Crippen LogP contribution in [0.4, 0.5) is 0 Å². The summed E-state index contributed by atoms with van der Waals surface area (Å²) in [5, 5.41) is 4.49. The maximum Gasteiger partial charge on any atom is 0.293 e. The van der Waals surface area contributed by atoms with E-state index in [0.717, 1.165) is 11.1 Å². The van der Waals surface area contributed by atoms with E-state index in [9.17, 15) is 8.42 Å². The Labute approximate surface area is 173 Å². The summed E-state index contributed by atoms with van der Waals surface area (Å²) in [6.45, 7) is 1.93. The summed E-state index contributed by atoms with van der Waals surface area (Å²) >= 11 is 5.99. The highest BCUT2D eigenvalue weighted by atomic mass is 35.5. The van der Waals surface area contributed by atoms with Crippen LogP contribution >= 0.6 is 11.6 Å². The van der Waals surface area contributed by atoms with Gasteiger partial charge in [-0.25, -0.2) is 8.42 Å². The van der Waals surface area contributed by atoms with Crippen LogP contribution in [0.2, 0.25) is 5.02 Å². The van der Waals surface area contributed by atoms with Crippen LogP contribution in [-0.4, -0.2) is 18.6 Å². The van der Waals surface area contributed by atoms with Gasteiger partial charge in [-0.2, -0.15) is 4.98 Å². The van der Waals surface area contributed by atoms with E-state index in [1.54, 1.807) is 36.4 Å². The lowest BCUT2D eigenvalue weighted by molar-refractivity contribution is 0.413. The van der Waals surface area contributed by atoms with Gasteiger partial charge in [0.15, 0.2) is 15.6 Å². The van der Waals surface area contributed by atoms with Crippen molar-refractivity contribution in [2.45, 2.75) is 18.4 Å². The Bertz CT molecular complexity index is 1260. The molecule has 0 radical (unpaired) electrons. The van der Waals surface area contributed by atoms with Gasteiger partial charge in [0.1, 0.15) is 11.5 Å². The normalized spacial score (nSPS) is 11.7. The second kappa shape index (κ2) is 7.85. The van der Waals surface area contributed by atoms with E-state index in [1.807, 2.05) is 31.2 Å². The number of furan rings is 1. The monoisotopic (exact) mass is 428 g/mol. The summed E-state index contributed by atoms with van der Waals surface area (Å²) in [5.41, 5.74) is 2.48. The van der Waals surface area contributed by atoms with Crippen LogP contribution in [0.15, 0.2) is 69.6 Å². The van der Waals surface area contributed by atoms with Crippen LogP contribution in [-0.2, 0) is 21.3 Å². The summed E-state index contributed by atoms with van der Waals surface area (Å²) in [6, 6.07) is 17.7. The molecule has 0 spiro atoms. The summed E-state index contributed by atoms with van der Waals surface area (Å²) in [5.74, 6) is 0.900. The summed E-state index contributed by atoms with van der Waals surface area (Å²) < 4.78 is 35.9. The predicted molar refractivity (Wildman–Crippen MR) is 110 cm³/mol. The number of hydrogen-bond donors (Lipinski definition) is 0. The van der Waals surface area contributed by atoms with E-state index >= 15 is 0 Å². The molecule has 148 valence electrons. The Morgan fingerprint density at radius 2 is 1.83 bits per heavy atom. The van der Waals surface area contributed by atoms with Crippen molar-refractivity contribution in [2.75, 3.05) is 0 Å². The van der Waals surface area contributed by atoms with Crippen molar-refractivity contribution >= 4 is 21.4 Å². The maximum absolute atomic E-state index is 12.5. The first-order chi connectivity index (χ1) is 13.9. The molecule has 0 N–H and O–H groups in total. The first kappa shape index (κ1) is 19.4. The van der Waals surface area contributed by atoms with Gasteiger partial charge in [-0.3, -0.25) is 0 Å². The molecule has 0 bridgehead atoms. The fourth-order valence-corrected chi connectivity index (χ4v) is 4.53. The Morgan fingerprint density at radius 1 is 1.00 bits per heavy atom. The Balaban J connectivity index is 1.50. The molecule has 0 atom stereocenters. The molecular weight excluding hydrogens is 412 g/mol. The SMILES string of the molecule is Cc1cccc(CS(=O)(=O)Cc2ccc(-c3nc(-c4cccc(Cl)c4)no3)o2)c1. The standard InChI is InChI=1S/C21H17ClN2O4S/c1-14-4-2-5-15(10-14)12-29(25,26)13-18-8-9-19(27-18)21-23-20(24-28-21)16-6-3-7-17(22)11-16/h2-11H,12-13H2,1H3. The van der Waals surface area contributed by atoms with Crippen molar-refractivity contribution in [2.24, 2.45) is 0 Å². The zero-order chi connectivity index (χ0) is 20.4. The molecule has 0 saturated heterocycles. The van der Waals surface area contributed by atoms with Gasteiger partial charge in [-0.05, 0) is 36.8 Å². The minimum Gasteiger partial charge on any atom is -0.455 e. The number of nitrogens with zero attached hydrogens (tertiary/aromatic N) is 2. The van der Waals surface area contributed by atoms with E-state index in [0.29, 0.717) is 27.9 Å². The second-order valence-corrected chi connectivity index (χ2v) is 9.22. The minimum atomic E-state index is -3.39. The van der Waals surface area contributed by atoms with Gasteiger partial charge >= 0.3 is 0 Å². The van der Waals surface area contributed by atoms with Gasteiger partial charge in [-0.1, -0.05) is 58.7 Å². The summed E-state index contributed by atoms with van der Waals surface area (Å²) in [6.07, 6.45) is 0. The second-order valence-electron chi connectivity index (χ2n) is 6.72. The molecule has 8 heteroatoms. The van der Waals surface area contributed by atoms with Gasteiger partial charge < -0.3 is 8.94 Å². The molecule has 4 aromatic rings. The smallest absolute Gasteiger partial charge is 0.293 e. The molecule has 6 nitrogen and oxygen atoms in total. The lowest BCUT2D eigenvalue weighted by atomic mass is 10.2. The zero-order valence-corrected chi connectivity index (χ0v) is 17.1. The molecule has 29 heavy (non-hydrogen) atoms. The van der Waals surface area contributed by atoms with Gasteiger partial charge in [0.25, 0.3) is 5.89 Å². The average Bonchev–Trinajstić information content (AvgIpc) is 3.30. The quantitative estimate of drug-likeness (QED) is 0.426. The number of halogens is 1. The van der Waals surface area contributed by atoms with Crippen molar-refractivity contribution in [3.8, 4) is 23.0 Å². The fraction of sp³-hybridized carbons (Fsp3) is 0.143. The molecule has 0 unspecified atom stereocenters. The van der Waals surface area contributed by atoms with Crippen LogP contribution in [0, 0.1) is 6.92 Å². The van der Waals surface area contributed by atoms with Crippen LogP contribution in [0.1, 0.15) is 16.9 Å². The number of benzene rings is 2. The first-order valence-electron chi connectivity index (χ1n) is 8.83. The highest BCUT2D eigenvalue weighted by molar-refractivity contribution is 7.89. The average molecular weight is 429 g/mol. The van der Waals surface area contributed by atoms with E-state index in [1.165, 1.54) is 0 Å². The maximum atomic E-state index is 12.5. The number of aryl methyl sites for hydroxylation is 1. The molecule has 0 amide bonds. The molecule has 0 aliphatic heterocycles. The number of hydrogen-bond acceptors (Lipinski definition) is 6. The Kier molecular flexibility index (Phi) is 5.25. The van der Waals surface area contributed by atoms with E-state index in [4.69, 9.17) is 20.5 Å².